The molecule has 98 valence electrons. The van der Waals surface area contributed by atoms with Crippen molar-refractivity contribution >= 4 is 17.7 Å². The lowest BCUT2D eigenvalue weighted by Crippen LogP contribution is -2.34. The van der Waals surface area contributed by atoms with Crippen LogP contribution in [-0.4, -0.2) is 17.7 Å². The van der Waals surface area contributed by atoms with E-state index in [0.717, 1.165) is 12.0 Å². The van der Waals surface area contributed by atoms with Crippen molar-refractivity contribution in [3.63, 3.8) is 0 Å². The lowest BCUT2D eigenvalue weighted by molar-refractivity contribution is -0.119. The second-order valence-corrected chi connectivity index (χ2v) is 3.58. The molecule has 0 atom stereocenters. The summed E-state index contributed by atoms with van der Waals surface area (Å²) in [5.74, 6) is -0.194. The van der Waals surface area contributed by atoms with Gasteiger partial charge in [0.2, 0.25) is 5.91 Å². The Morgan fingerprint density at radius 1 is 1.17 bits per heavy atom. The zero-order valence-corrected chi connectivity index (χ0v) is 10.6. The van der Waals surface area contributed by atoms with E-state index in [1.165, 1.54) is 0 Å². The van der Waals surface area contributed by atoms with Crippen LogP contribution in [0.1, 0.15) is 37.0 Å². The molecule has 0 bridgehead atoms. The van der Waals surface area contributed by atoms with Gasteiger partial charge in [-0.1, -0.05) is 37.3 Å². The quantitative estimate of drug-likeness (QED) is 0.802. The number of benzene rings is 1. The molecular weight excluding hydrogens is 232 g/mol. The van der Waals surface area contributed by atoms with Gasteiger partial charge in [-0.05, 0) is 13.3 Å². The number of Topliss-reactive ketones (excluding diaryl/α,β-unsaturated/α-hetero) is 1. The molecular formula is C13H18N2O3. The van der Waals surface area contributed by atoms with E-state index in [1.807, 2.05) is 42.6 Å². The monoisotopic (exact) mass is 250 g/mol. The predicted molar refractivity (Wildman–Crippen MR) is 69.1 cm³/mol. The van der Waals surface area contributed by atoms with E-state index in [0.29, 0.717) is 6.42 Å². The summed E-state index contributed by atoms with van der Waals surface area (Å²) in [7, 11) is 0. The van der Waals surface area contributed by atoms with Gasteiger partial charge in [0, 0.05) is 12.0 Å². The minimum Gasteiger partial charge on any atom is -0.351 e. The minimum absolute atomic E-state index is 0.121. The third kappa shape index (κ3) is 8.04. The first kappa shape index (κ1) is 15.8. The van der Waals surface area contributed by atoms with Gasteiger partial charge in [0.05, 0.1) is 0 Å². The first-order chi connectivity index (χ1) is 8.47. The van der Waals surface area contributed by atoms with Gasteiger partial charge >= 0.3 is 6.03 Å². The summed E-state index contributed by atoms with van der Waals surface area (Å²) in [5.41, 5.74) is 5.43. The average molecular weight is 250 g/mol. The fourth-order valence-corrected chi connectivity index (χ4v) is 1.10. The van der Waals surface area contributed by atoms with Crippen LogP contribution in [0.25, 0.3) is 0 Å². The summed E-state index contributed by atoms with van der Waals surface area (Å²) < 4.78 is 0. The Hall–Kier alpha value is -2.17. The molecule has 1 aromatic carbocycles. The SMILES string of the molecule is CC(=O)c1ccccc1.CCCC(=O)NC(N)=O. The molecule has 0 fully saturated rings. The van der Waals surface area contributed by atoms with Crippen molar-refractivity contribution in [3.8, 4) is 0 Å². The Morgan fingerprint density at radius 3 is 2.06 bits per heavy atom. The van der Waals surface area contributed by atoms with Crippen LogP contribution < -0.4 is 11.1 Å². The van der Waals surface area contributed by atoms with E-state index >= 15 is 0 Å². The zero-order chi connectivity index (χ0) is 14.0. The van der Waals surface area contributed by atoms with Crippen molar-refractivity contribution < 1.29 is 14.4 Å². The molecule has 3 amide bonds. The molecule has 0 saturated heterocycles. The highest BCUT2D eigenvalue weighted by molar-refractivity contribution is 5.94. The van der Waals surface area contributed by atoms with Crippen LogP contribution >= 0.6 is 0 Å². The van der Waals surface area contributed by atoms with Crippen LogP contribution in [0.2, 0.25) is 0 Å². The highest BCUT2D eigenvalue weighted by Crippen LogP contribution is 1.97. The van der Waals surface area contributed by atoms with Crippen molar-refractivity contribution in [3.05, 3.63) is 35.9 Å². The van der Waals surface area contributed by atoms with E-state index in [1.54, 1.807) is 6.92 Å². The topological polar surface area (TPSA) is 89.3 Å². The van der Waals surface area contributed by atoms with E-state index in [2.05, 4.69) is 5.73 Å². The van der Waals surface area contributed by atoms with Gasteiger partial charge in [-0.2, -0.15) is 0 Å². The van der Waals surface area contributed by atoms with Crippen LogP contribution in [-0.2, 0) is 4.79 Å². The number of nitrogens with two attached hydrogens (primary N) is 1. The molecule has 5 nitrogen and oxygen atoms in total. The number of hydrogen-bond acceptors (Lipinski definition) is 3. The maximum atomic E-state index is 10.6. The largest absolute Gasteiger partial charge is 0.351 e. The Balaban J connectivity index is 0.000000321. The number of primary amides is 1. The van der Waals surface area contributed by atoms with Crippen LogP contribution in [0, 0.1) is 0 Å². The maximum Gasteiger partial charge on any atom is 0.318 e. The van der Waals surface area contributed by atoms with Gasteiger partial charge in [-0.25, -0.2) is 4.79 Å². The zero-order valence-electron chi connectivity index (χ0n) is 10.6. The maximum absolute atomic E-state index is 10.6. The molecule has 0 unspecified atom stereocenters. The molecule has 5 heteroatoms. The van der Waals surface area contributed by atoms with Gasteiger partial charge in [0.25, 0.3) is 0 Å². The number of imide groups is 1. The fourth-order valence-electron chi connectivity index (χ4n) is 1.10. The standard InChI is InChI=1S/C8H8O.C5H10N2O2/c1-7(9)8-5-3-2-4-6-8;1-2-3-4(8)7-5(6)9/h2-6H,1H3;2-3H2,1H3,(H3,6,7,8,9). The van der Waals surface area contributed by atoms with Gasteiger partial charge in [0.15, 0.2) is 5.78 Å². The van der Waals surface area contributed by atoms with E-state index < -0.39 is 6.03 Å². The Labute approximate surface area is 106 Å². The van der Waals surface area contributed by atoms with E-state index in [4.69, 9.17) is 0 Å². The number of hydrogen-bond donors (Lipinski definition) is 2. The molecule has 1 aromatic rings. The summed E-state index contributed by atoms with van der Waals surface area (Å²) in [5, 5.41) is 1.94. The molecule has 0 saturated carbocycles. The van der Waals surface area contributed by atoms with Gasteiger partial charge in [0.1, 0.15) is 0 Å². The minimum atomic E-state index is -0.784. The van der Waals surface area contributed by atoms with Crippen LogP contribution in [0.5, 0.6) is 0 Å². The first-order valence-corrected chi connectivity index (χ1v) is 5.62. The normalized spacial score (nSPS) is 8.78. The van der Waals surface area contributed by atoms with Crippen molar-refractivity contribution in [2.24, 2.45) is 5.73 Å². The Kier molecular flexibility index (Phi) is 7.85. The summed E-state index contributed by atoms with van der Waals surface area (Å²) in [6.45, 7) is 3.41. The van der Waals surface area contributed by atoms with Gasteiger partial charge in [-0.15, -0.1) is 0 Å². The van der Waals surface area contributed by atoms with Crippen molar-refractivity contribution in [1.82, 2.24) is 5.32 Å². The molecule has 0 aliphatic carbocycles. The molecule has 0 heterocycles. The summed E-state index contributed by atoms with van der Waals surface area (Å²) >= 11 is 0. The van der Waals surface area contributed by atoms with Gasteiger partial charge < -0.3 is 5.73 Å². The number of urea groups is 1. The lowest BCUT2D eigenvalue weighted by atomic mass is 10.2. The molecule has 18 heavy (non-hydrogen) atoms. The second-order valence-electron chi connectivity index (χ2n) is 3.58. The molecule has 0 aliphatic heterocycles. The average Bonchev–Trinajstić information content (AvgIpc) is 2.30. The van der Waals surface area contributed by atoms with Crippen molar-refractivity contribution in [2.45, 2.75) is 26.7 Å². The van der Waals surface area contributed by atoms with Crippen LogP contribution in [0.15, 0.2) is 30.3 Å². The highest BCUT2D eigenvalue weighted by atomic mass is 16.2. The van der Waals surface area contributed by atoms with Crippen molar-refractivity contribution in [2.75, 3.05) is 0 Å². The van der Waals surface area contributed by atoms with E-state index in [9.17, 15) is 14.4 Å². The second kappa shape index (κ2) is 8.92. The third-order valence-electron chi connectivity index (χ3n) is 1.92. The van der Waals surface area contributed by atoms with E-state index in [-0.39, 0.29) is 11.7 Å². The smallest absolute Gasteiger partial charge is 0.318 e. The predicted octanol–water partition coefficient (Wildman–Crippen LogP) is 1.87. The number of rotatable bonds is 3. The molecule has 1 rings (SSSR count). The molecule has 0 aliphatic rings. The number of carbonyl (C=O) groups excluding carboxylic acids is 3. The number of nitrogens with one attached hydrogen (secondary N) is 1. The molecule has 0 radical (unpaired) electrons. The Bertz CT molecular complexity index is 402. The summed E-state index contributed by atoms with van der Waals surface area (Å²) in [4.78, 5) is 31.1. The van der Waals surface area contributed by atoms with Crippen molar-refractivity contribution in [1.29, 1.82) is 0 Å². The van der Waals surface area contributed by atoms with Gasteiger partial charge in [-0.3, -0.25) is 14.9 Å². The summed E-state index contributed by atoms with van der Waals surface area (Å²) in [6.07, 6.45) is 1.07. The molecule has 3 N–H and O–H groups in total. The number of amides is 3. The number of carbonyl (C=O) groups is 3. The molecule has 0 aromatic heterocycles. The summed E-state index contributed by atoms with van der Waals surface area (Å²) in [6, 6.07) is 8.44. The third-order valence-corrected chi connectivity index (χ3v) is 1.92. The van der Waals surface area contributed by atoms with Crippen LogP contribution in [0.3, 0.4) is 0 Å². The Morgan fingerprint density at radius 2 is 1.72 bits per heavy atom. The van der Waals surface area contributed by atoms with Crippen LogP contribution in [0.4, 0.5) is 4.79 Å². The lowest BCUT2D eigenvalue weighted by Gasteiger charge is -1.95. The molecule has 0 spiro atoms. The fraction of sp³-hybridized carbons (Fsp3) is 0.308. The highest BCUT2D eigenvalue weighted by Gasteiger charge is 1.99. The number of ketones is 1. The first-order valence-electron chi connectivity index (χ1n) is 5.62.